The Bertz CT molecular complexity index is 1310. The molecule has 0 aliphatic carbocycles. The van der Waals surface area contributed by atoms with E-state index in [1.54, 1.807) is 60.7 Å². The van der Waals surface area contributed by atoms with Gasteiger partial charge in [-0.1, -0.05) is 60.2 Å². The number of ketones is 1. The lowest BCUT2D eigenvalue weighted by Crippen LogP contribution is -2.16. The van der Waals surface area contributed by atoms with Crippen molar-refractivity contribution in [1.82, 2.24) is 9.97 Å². The molecule has 6 heteroatoms. The fraction of sp³-hybridized carbons (Fsp3) is 0.0833. The highest BCUT2D eigenvalue weighted by Crippen LogP contribution is 2.17. The van der Waals surface area contributed by atoms with Crippen molar-refractivity contribution >= 4 is 22.7 Å². The van der Waals surface area contributed by atoms with Crippen LogP contribution in [0.3, 0.4) is 0 Å². The number of aryl methyl sites for hydroxylation is 1. The summed E-state index contributed by atoms with van der Waals surface area (Å²) in [6.45, 7) is 1.72. The molecule has 148 valence electrons. The summed E-state index contributed by atoms with van der Waals surface area (Å²) < 4.78 is 5.34. The second kappa shape index (κ2) is 8.13. The predicted octanol–water partition coefficient (Wildman–Crippen LogP) is 3.82. The van der Waals surface area contributed by atoms with E-state index in [9.17, 15) is 14.4 Å². The van der Waals surface area contributed by atoms with Gasteiger partial charge in [-0.15, -0.1) is 0 Å². The SMILES string of the molecule is Cc1ccc(C(=O)c2ccccc2C(=O)OCc2nc3ccccc3c(=O)[nH]2)cc1. The molecular weight excluding hydrogens is 380 g/mol. The number of aromatic amines is 1. The van der Waals surface area contributed by atoms with Crippen molar-refractivity contribution in [2.75, 3.05) is 0 Å². The second-order valence-electron chi connectivity index (χ2n) is 6.85. The van der Waals surface area contributed by atoms with Crippen LogP contribution in [0, 0.1) is 6.92 Å². The summed E-state index contributed by atoms with van der Waals surface area (Å²) in [5.41, 5.74) is 2.15. The smallest absolute Gasteiger partial charge is 0.339 e. The van der Waals surface area contributed by atoms with Crippen molar-refractivity contribution in [3.8, 4) is 0 Å². The Kier molecular flexibility index (Phi) is 5.22. The molecule has 0 aliphatic rings. The molecule has 1 aromatic heterocycles. The summed E-state index contributed by atoms with van der Waals surface area (Å²) in [5.74, 6) is -0.698. The van der Waals surface area contributed by atoms with Crippen molar-refractivity contribution in [2.45, 2.75) is 13.5 Å². The van der Waals surface area contributed by atoms with Crippen LogP contribution in [-0.2, 0) is 11.3 Å². The Morgan fingerprint density at radius 3 is 2.33 bits per heavy atom. The number of hydrogen-bond acceptors (Lipinski definition) is 5. The summed E-state index contributed by atoms with van der Waals surface area (Å²) >= 11 is 0. The molecule has 1 heterocycles. The van der Waals surface area contributed by atoms with Gasteiger partial charge in [0.1, 0.15) is 12.4 Å². The van der Waals surface area contributed by atoms with E-state index in [2.05, 4.69) is 9.97 Å². The fourth-order valence-electron chi connectivity index (χ4n) is 3.13. The second-order valence-corrected chi connectivity index (χ2v) is 6.85. The summed E-state index contributed by atoms with van der Waals surface area (Å²) in [4.78, 5) is 44.7. The van der Waals surface area contributed by atoms with Gasteiger partial charge in [0.2, 0.25) is 0 Å². The van der Waals surface area contributed by atoms with Crippen LogP contribution >= 0.6 is 0 Å². The maximum atomic E-state index is 12.9. The number of esters is 1. The summed E-state index contributed by atoms with van der Waals surface area (Å²) in [7, 11) is 0. The highest BCUT2D eigenvalue weighted by molar-refractivity contribution is 6.14. The zero-order valence-electron chi connectivity index (χ0n) is 16.2. The molecule has 0 radical (unpaired) electrons. The van der Waals surface area contributed by atoms with E-state index in [0.717, 1.165) is 5.56 Å². The number of hydrogen-bond donors (Lipinski definition) is 1. The van der Waals surface area contributed by atoms with Gasteiger partial charge in [0.25, 0.3) is 5.56 Å². The van der Waals surface area contributed by atoms with Crippen LogP contribution in [0.2, 0.25) is 0 Å². The average Bonchev–Trinajstić information content (AvgIpc) is 2.77. The van der Waals surface area contributed by atoms with E-state index in [0.29, 0.717) is 16.5 Å². The normalized spacial score (nSPS) is 10.7. The molecule has 4 aromatic rings. The molecule has 0 amide bonds. The standard InChI is InChI=1S/C24H18N2O4/c1-15-10-12-16(13-11-15)22(27)17-6-2-3-7-18(17)24(29)30-14-21-25-20-9-5-4-8-19(20)23(28)26-21/h2-13H,14H2,1H3,(H,25,26,28). The number of nitrogens with zero attached hydrogens (tertiary/aromatic N) is 1. The molecular formula is C24H18N2O4. The zero-order valence-corrected chi connectivity index (χ0v) is 16.2. The van der Waals surface area contributed by atoms with Gasteiger partial charge in [-0.2, -0.15) is 0 Å². The number of carbonyl (C=O) groups is 2. The van der Waals surface area contributed by atoms with Crippen LogP contribution < -0.4 is 5.56 Å². The molecule has 0 saturated heterocycles. The molecule has 0 aliphatic heterocycles. The summed E-state index contributed by atoms with van der Waals surface area (Å²) in [6, 6.07) is 20.5. The Hall–Kier alpha value is -4.06. The topological polar surface area (TPSA) is 89.1 Å². The number of rotatable bonds is 5. The molecule has 0 bridgehead atoms. The van der Waals surface area contributed by atoms with E-state index >= 15 is 0 Å². The first-order valence-corrected chi connectivity index (χ1v) is 9.38. The third-order valence-corrected chi connectivity index (χ3v) is 4.71. The van der Waals surface area contributed by atoms with Gasteiger partial charge in [-0.05, 0) is 25.1 Å². The Labute approximate surface area is 172 Å². The maximum absolute atomic E-state index is 12.9. The van der Waals surface area contributed by atoms with Crippen LogP contribution in [-0.4, -0.2) is 21.7 Å². The van der Waals surface area contributed by atoms with Gasteiger partial charge >= 0.3 is 5.97 Å². The molecule has 1 N–H and O–H groups in total. The minimum atomic E-state index is -0.665. The van der Waals surface area contributed by atoms with Gasteiger partial charge < -0.3 is 9.72 Å². The van der Waals surface area contributed by atoms with E-state index < -0.39 is 5.97 Å². The Balaban J connectivity index is 1.57. The molecule has 0 saturated carbocycles. The van der Waals surface area contributed by atoms with Gasteiger partial charge in [-0.3, -0.25) is 9.59 Å². The van der Waals surface area contributed by atoms with Gasteiger partial charge in [0, 0.05) is 11.1 Å². The van der Waals surface area contributed by atoms with Gasteiger partial charge in [0.15, 0.2) is 5.78 Å². The third kappa shape index (κ3) is 3.89. The highest BCUT2D eigenvalue weighted by atomic mass is 16.5. The van der Waals surface area contributed by atoms with Crippen molar-refractivity contribution in [3.63, 3.8) is 0 Å². The van der Waals surface area contributed by atoms with Crippen LogP contribution in [0.15, 0.2) is 77.6 Å². The minimum Gasteiger partial charge on any atom is -0.454 e. The molecule has 6 nitrogen and oxygen atoms in total. The maximum Gasteiger partial charge on any atom is 0.339 e. The lowest BCUT2D eigenvalue weighted by Gasteiger charge is -2.09. The number of fused-ring (bicyclic) bond motifs is 1. The quantitative estimate of drug-likeness (QED) is 0.408. The van der Waals surface area contributed by atoms with Gasteiger partial charge in [0.05, 0.1) is 16.5 Å². The number of para-hydroxylation sites is 1. The van der Waals surface area contributed by atoms with E-state index in [4.69, 9.17) is 4.74 Å². The van der Waals surface area contributed by atoms with Crippen LogP contribution in [0.25, 0.3) is 10.9 Å². The number of ether oxygens (including phenoxy) is 1. The average molecular weight is 398 g/mol. The largest absolute Gasteiger partial charge is 0.454 e. The van der Waals surface area contributed by atoms with E-state index in [1.807, 2.05) is 19.1 Å². The Morgan fingerprint density at radius 2 is 1.57 bits per heavy atom. The molecule has 0 fully saturated rings. The number of H-pyrrole nitrogens is 1. The van der Waals surface area contributed by atoms with E-state index in [1.165, 1.54) is 0 Å². The first kappa shape index (κ1) is 19.3. The molecule has 30 heavy (non-hydrogen) atoms. The first-order valence-electron chi connectivity index (χ1n) is 9.38. The summed E-state index contributed by atoms with van der Waals surface area (Å²) in [6.07, 6.45) is 0. The van der Waals surface area contributed by atoms with Crippen molar-refractivity contribution in [2.24, 2.45) is 0 Å². The number of carbonyl (C=O) groups excluding carboxylic acids is 2. The number of benzene rings is 3. The number of nitrogens with one attached hydrogen (secondary N) is 1. The highest BCUT2D eigenvalue weighted by Gasteiger charge is 2.19. The molecule has 0 spiro atoms. The van der Waals surface area contributed by atoms with Crippen LogP contribution in [0.4, 0.5) is 0 Å². The lowest BCUT2D eigenvalue weighted by atomic mass is 9.98. The van der Waals surface area contributed by atoms with E-state index in [-0.39, 0.29) is 34.9 Å². The lowest BCUT2D eigenvalue weighted by molar-refractivity contribution is 0.0460. The third-order valence-electron chi connectivity index (χ3n) is 4.71. The molecule has 4 rings (SSSR count). The van der Waals surface area contributed by atoms with Gasteiger partial charge in [-0.25, -0.2) is 9.78 Å². The number of aromatic nitrogens is 2. The molecule has 3 aromatic carbocycles. The summed E-state index contributed by atoms with van der Waals surface area (Å²) in [5, 5.41) is 0.460. The molecule has 0 unspecified atom stereocenters. The van der Waals surface area contributed by atoms with Crippen molar-refractivity contribution < 1.29 is 14.3 Å². The monoisotopic (exact) mass is 398 g/mol. The fourth-order valence-corrected chi connectivity index (χ4v) is 3.13. The van der Waals surface area contributed by atoms with Crippen molar-refractivity contribution in [1.29, 1.82) is 0 Å². The zero-order chi connectivity index (χ0) is 21.1. The minimum absolute atomic E-state index is 0.159. The van der Waals surface area contributed by atoms with Crippen molar-refractivity contribution in [3.05, 3.63) is 111 Å². The van der Waals surface area contributed by atoms with Crippen LogP contribution in [0.5, 0.6) is 0 Å². The molecule has 0 atom stereocenters. The Morgan fingerprint density at radius 1 is 0.900 bits per heavy atom. The predicted molar refractivity (Wildman–Crippen MR) is 113 cm³/mol. The van der Waals surface area contributed by atoms with Crippen LogP contribution in [0.1, 0.15) is 37.7 Å². The first-order chi connectivity index (χ1) is 14.5.